The normalized spacial score (nSPS) is 13.8. The van der Waals surface area contributed by atoms with E-state index in [9.17, 15) is 14.7 Å². The smallest absolute Gasteiger partial charge is 0.326 e. The third kappa shape index (κ3) is 6.25. The standard InChI is InChI=1S/C21H27NO5/c1-14(27-18-11-7-9-15-8-5-6-10-16(15)18)19(23)22-17(20(24)25)12-13-26-21(2,3)4/h5-11,14,17H,12-13H2,1-4H3,(H,22,23)(H,24,25). The van der Waals surface area contributed by atoms with Crippen LogP contribution in [0.15, 0.2) is 42.5 Å². The molecule has 0 aromatic heterocycles. The summed E-state index contributed by atoms with van der Waals surface area (Å²) < 4.78 is 11.3. The molecule has 0 saturated heterocycles. The summed E-state index contributed by atoms with van der Waals surface area (Å²) in [7, 11) is 0. The van der Waals surface area contributed by atoms with E-state index in [-0.39, 0.29) is 18.6 Å². The second-order valence-corrected chi connectivity index (χ2v) is 7.39. The lowest BCUT2D eigenvalue weighted by atomic mass is 10.1. The van der Waals surface area contributed by atoms with Crippen LogP contribution in [0.1, 0.15) is 34.1 Å². The average molecular weight is 373 g/mol. The Morgan fingerprint density at radius 3 is 2.44 bits per heavy atom. The van der Waals surface area contributed by atoms with Gasteiger partial charge in [-0.05, 0) is 39.1 Å². The van der Waals surface area contributed by atoms with Crippen LogP contribution in [0.3, 0.4) is 0 Å². The molecule has 0 bridgehead atoms. The van der Waals surface area contributed by atoms with Gasteiger partial charge >= 0.3 is 5.97 Å². The summed E-state index contributed by atoms with van der Waals surface area (Å²) in [5, 5.41) is 13.8. The second-order valence-electron chi connectivity index (χ2n) is 7.39. The van der Waals surface area contributed by atoms with Gasteiger partial charge < -0.3 is 19.9 Å². The van der Waals surface area contributed by atoms with E-state index in [0.29, 0.717) is 5.75 Å². The third-order valence-corrected chi connectivity index (χ3v) is 3.98. The molecule has 0 aliphatic heterocycles. The number of carboxylic acid groups (broad SMARTS) is 1. The third-order valence-electron chi connectivity index (χ3n) is 3.98. The van der Waals surface area contributed by atoms with Crippen LogP contribution >= 0.6 is 0 Å². The SMILES string of the molecule is CC(Oc1cccc2ccccc12)C(=O)NC(CCOC(C)(C)C)C(=O)O. The average Bonchev–Trinajstić information content (AvgIpc) is 2.59. The molecule has 2 atom stereocenters. The summed E-state index contributed by atoms with van der Waals surface area (Å²) in [6.45, 7) is 7.51. The van der Waals surface area contributed by atoms with Gasteiger partial charge in [-0.25, -0.2) is 4.79 Å². The molecule has 0 aliphatic carbocycles. The van der Waals surface area contributed by atoms with Crippen molar-refractivity contribution < 1.29 is 24.2 Å². The number of carbonyl (C=O) groups is 2. The van der Waals surface area contributed by atoms with Gasteiger partial charge in [0.25, 0.3) is 5.91 Å². The molecule has 2 aromatic carbocycles. The first kappa shape index (κ1) is 20.7. The summed E-state index contributed by atoms with van der Waals surface area (Å²) in [6.07, 6.45) is -0.652. The molecule has 2 aromatic rings. The van der Waals surface area contributed by atoms with Crippen molar-refractivity contribution in [1.82, 2.24) is 5.32 Å². The van der Waals surface area contributed by atoms with E-state index in [4.69, 9.17) is 9.47 Å². The van der Waals surface area contributed by atoms with Gasteiger partial charge in [-0.15, -0.1) is 0 Å². The van der Waals surface area contributed by atoms with Crippen LogP contribution in [-0.2, 0) is 14.3 Å². The molecular formula is C21H27NO5. The summed E-state index contributed by atoms with van der Waals surface area (Å²) in [5.41, 5.74) is -0.363. The first-order valence-electron chi connectivity index (χ1n) is 8.99. The van der Waals surface area contributed by atoms with Crippen LogP contribution < -0.4 is 10.1 Å². The van der Waals surface area contributed by atoms with Gasteiger partial charge in [0, 0.05) is 18.4 Å². The Balaban J connectivity index is 1.99. The molecule has 2 unspecified atom stereocenters. The Bertz CT molecular complexity index is 791. The summed E-state index contributed by atoms with van der Waals surface area (Å²) in [6, 6.07) is 12.3. The fourth-order valence-corrected chi connectivity index (χ4v) is 2.57. The van der Waals surface area contributed by atoms with Crippen molar-refractivity contribution in [2.24, 2.45) is 0 Å². The van der Waals surface area contributed by atoms with Gasteiger partial charge in [-0.1, -0.05) is 36.4 Å². The molecule has 0 aliphatic rings. The van der Waals surface area contributed by atoms with E-state index < -0.39 is 24.0 Å². The number of hydrogen-bond acceptors (Lipinski definition) is 4. The Morgan fingerprint density at radius 2 is 1.78 bits per heavy atom. The Kier molecular flexibility index (Phi) is 6.80. The highest BCUT2D eigenvalue weighted by atomic mass is 16.5. The maximum atomic E-state index is 12.4. The molecule has 0 heterocycles. The first-order chi connectivity index (χ1) is 12.7. The van der Waals surface area contributed by atoms with Crippen molar-refractivity contribution >= 4 is 22.6 Å². The fourth-order valence-electron chi connectivity index (χ4n) is 2.57. The molecule has 146 valence electrons. The van der Waals surface area contributed by atoms with Crippen LogP contribution in [0.2, 0.25) is 0 Å². The topological polar surface area (TPSA) is 84.9 Å². The highest BCUT2D eigenvalue weighted by Gasteiger charge is 2.25. The quantitative estimate of drug-likeness (QED) is 0.741. The second kappa shape index (κ2) is 8.86. The molecule has 1 amide bonds. The van der Waals surface area contributed by atoms with Crippen molar-refractivity contribution in [2.75, 3.05) is 6.61 Å². The number of carboxylic acids is 1. The molecule has 0 radical (unpaired) electrons. The molecule has 0 fully saturated rings. The predicted molar refractivity (Wildman–Crippen MR) is 104 cm³/mol. The van der Waals surface area contributed by atoms with E-state index in [1.165, 1.54) is 0 Å². The van der Waals surface area contributed by atoms with Crippen LogP contribution in [0, 0.1) is 0 Å². The van der Waals surface area contributed by atoms with E-state index >= 15 is 0 Å². The van der Waals surface area contributed by atoms with Gasteiger partial charge in [-0.3, -0.25) is 4.79 Å². The number of ether oxygens (including phenoxy) is 2. The molecule has 6 nitrogen and oxygen atoms in total. The highest BCUT2D eigenvalue weighted by Crippen LogP contribution is 2.26. The number of nitrogens with one attached hydrogen (secondary N) is 1. The number of aliphatic carboxylic acids is 1. The van der Waals surface area contributed by atoms with E-state index in [0.717, 1.165) is 10.8 Å². The molecule has 6 heteroatoms. The number of amides is 1. The number of rotatable bonds is 8. The zero-order chi connectivity index (χ0) is 20.0. The largest absolute Gasteiger partial charge is 0.480 e. The Hall–Kier alpha value is -2.60. The number of benzene rings is 2. The molecule has 0 saturated carbocycles. The first-order valence-corrected chi connectivity index (χ1v) is 8.99. The summed E-state index contributed by atoms with van der Waals surface area (Å²) in [4.78, 5) is 23.9. The van der Waals surface area contributed by atoms with Crippen LogP contribution in [0.5, 0.6) is 5.75 Å². The van der Waals surface area contributed by atoms with Crippen molar-refractivity contribution in [1.29, 1.82) is 0 Å². The predicted octanol–water partition coefficient (Wildman–Crippen LogP) is 3.38. The zero-order valence-corrected chi connectivity index (χ0v) is 16.2. The van der Waals surface area contributed by atoms with Crippen molar-refractivity contribution in [2.45, 2.75) is 51.9 Å². The van der Waals surface area contributed by atoms with Gasteiger partial charge in [0.2, 0.25) is 0 Å². The maximum Gasteiger partial charge on any atom is 0.326 e. The maximum absolute atomic E-state index is 12.4. The minimum absolute atomic E-state index is 0.180. The number of fused-ring (bicyclic) bond motifs is 1. The van der Waals surface area contributed by atoms with Crippen LogP contribution in [0.25, 0.3) is 10.8 Å². The molecular weight excluding hydrogens is 346 g/mol. The van der Waals surface area contributed by atoms with Crippen molar-refractivity contribution in [3.63, 3.8) is 0 Å². The van der Waals surface area contributed by atoms with Crippen molar-refractivity contribution in [3.8, 4) is 5.75 Å². The molecule has 0 spiro atoms. The minimum Gasteiger partial charge on any atom is -0.480 e. The fraction of sp³-hybridized carbons (Fsp3) is 0.429. The highest BCUT2D eigenvalue weighted by molar-refractivity contribution is 5.90. The van der Waals surface area contributed by atoms with E-state index in [1.807, 2.05) is 57.2 Å². The van der Waals surface area contributed by atoms with Gasteiger partial charge in [0.05, 0.1) is 5.60 Å². The zero-order valence-electron chi connectivity index (χ0n) is 16.2. The summed E-state index contributed by atoms with van der Waals surface area (Å²) in [5.74, 6) is -0.997. The minimum atomic E-state index is -1.10. The lowest BCUT2D eigenvalue weighted by Crippen LogP contribution is -2.47. The Labute approximate surface area is 159 Å². The Morgan fingerprint density at radius 1 is 1.11 bits per heavy atom. The van der Waals surface area contributed by atoms with Gasteiger partial charge in [0.15, 0.2) is 6.10 Å². The van der Waals surface area contributed by atoms with Crippen LogP contribution in [0.4, 0.5) is 0 Å². The van der Waals surface area contributed by atoms with Crippen molar-refractivity contribution in [3.05, 3.63) is 42.5 Å². The number of carbonyl (C=O) groups excluding carboxylic acids is 1. The van der Waals surface area contributed by atoms with Gasteiger partial charge in [0.1, 0.15) is 11.8 Å². The molecule has 27 heavy (non-hydrogen) atoms. The molecule has 2 N–H and O–H groups in total. The van der Waals surface area contributed by atoms with E-state index in [1.54, 1.807) is 13.0 Å². The number of hydrogen-bond donors (Lipinski definition) is 2. The van der Waals surface area contributed by atoms with Crippen LogP contribution in [-0.4, -0.2) is 41.3 Å². The lowest BCUT2D eigenvalue weighted by molar-refractivity contribution is -0.143. The lowest BCUT2D eigenvalue weighted by Gasteiger charge is -2.22. The summed E-state index contributed by atoms with van der Waals surface area (Å²) >= 11 is 0. The molecule has 2 rings (SSSR count). The van der Waals surface area contributed by atoms with E-state index in [2.05, 4.69) is 5.32 Å². The monoisotopic (exact) mass is 373 g/mol. The van der Waals surface area contributed by atoms with Gasteiger partial charge in [-0.2, -0.15) is 0 Å².